The number of carbonyl (C=O) groups is 8. The number of aryl methyl sites for hydroxylation is 1. The zero-order valence-electron chi connectivity index (χ0n) is 31.0. The molecule has 11 N–H and O–H groups in total. The van der Waals surface area contributed by atoms with Crippen LogP contribution >= 0.6 is 11.3 Å². The fourth-order valence-corrected chi connectivity index (χ4v) is 6.95. The average molecular weight is 785 g/mol. The second kappa shape index (κ2) is 18.2. The summed E-state index contributed by atoms with van der Waals surface area (Å²) in [6.45, 7) is 4.89. The average Bonchev–Trinajstić information content (AvgIpc) is 3.75. The van der Waals surface area contributed by atoms with Crippen LogP contribution in [0.5, 0.6) is 0 Å². The van der Waals surface area contributed by atoms with Gasteiger partial charge in [0.2, 0.25) is 47.3 Å². The molecule has 4 rings (SSSR count). The summed E-state index contributed by atoms with van der Waals surface area (Å²) < 4.78 is 0. The first-order valence-electron chi connectivity index (χ1n) is 17.6. The first kappa shape index (κ1) is 42.3. The number of carbonyl (C=O) groups excluding carboxylic acids is 8. The van der Waals surface area contributed by atoms with Gasteiger partial charge in [0.1, 0.15) is 30.2 Å². The van der Waals surface area contributed by atoms with Crippen LogP contribution in [0.1, 0.15) is 57.3 Å². The second-order valence-electron chi connectivity index (χ2n) is 14.5. The molecule has 0 unspecified atom stereocenters. The zero-order valence-corrected chi connectivity index (χ0v) is 31.8. The van der Waals surface area contributed by atoms with Crippen molar-refractivity contribution in [3.05, 3.63) is 41.0 Å². The SMILES string of the molecule is Cc1ncsc1-c1ccc([C@H]2NC(=O)[C@@H]3C[C@@H](O)CN3C(=O)[C@H](C(C)(C)C)NC(=O)CNC(=O)[C@H](CCC(N)=O)NC(=O)[C@@H](CN)NC(=O)CNC2=O)cc1. The number of aliphatic hydroxyl groups is 1. The predicted molar refractivity (Wildman–Crippen MR) is 198 cm³/mol. The van der Waals surface area contributed by atoms with Gasteiger partial charge in [-0.15, -0.1) is 11.3 Å². The van der Waals surface area contributed by atoms with Crippen LogP contribution in [-0.2, 0) is 38.4 Å². The van der Waals surface area contributed by atoms with Crippen LogP contribution in [0.3, 0.4) is 0 Å². The van der Waals surface area contributed by atoms with Crippen LogP contribution in [-0.4, -0.2) is 119 Å². The van der Waals surface area contributed by atoms with Gasteiger partial charge in [-0.25, -0.2) is 4.98 Å². The maximum absolute atomic E-state index is 14.1. The van der Waals surface area contributed by atoms with Crippen molar-refractivity contribution < 1.29 is 43.5 Å². The predicted octanol–water partition coefficient (Wildman–Crippen LogP) is -2.79. The van der Waals surface area contributed by atoms with Crippen molar-refractivity contribution in [3.8, 4) is 10.4 Å². The molecule has 0 radical (unpaired) electrons. The van der Waals surface area contributed by atoms with Crippen molar-refractivity contribution in [1.82, 2.24) is 41.8 Å². The summed E-state index contributed by atoms with van der Waals surface area (Å²) >= 11 is 1.42. The molecular formula is C35H48N10O9S. The number of benzene rings is 1. The van der Waals surface area contributed by atoms with E-state index < -0.39 is 109 Å². The molecule has 298 valence electrons. The molecule has 2 aliphatic heterocycles. The van der Waals surface area contributed by atoms with Gasteiger partial charge in [-0.1, -0.05) is 45.0 Å². The number of nitrogens with zero attached hydrogens (tertiary/aromatic N) is 2. The Morgan fingerprint density at radius 3 is 2.11 bits per heavy atom. The van der Waals surface area contributed by atoms with Gasteiger partial charge in [0.25, 0.3) is 0 Å². The third-order valence-electron chi connectivity index (χ3n) is 9.13. The lowest BCUT2D eigenvalue weighted by Gasteiger charge is -2.35. The third kappa shape index (κ3) is 11.0. The summed E-state index contributed by atoms with van der Waals surface area (Å²) in [6, 6.07) is 0.0580. The van der Waals surface area contributed by atoms with E-state index in [1.54, 1.807) is 50.5 Å². The highest BCUT2D eigenvalue weighted by Crippen LogP contribution is 2.30. The van der Waals surface area contributed by atoms with E-state index in [4.69, 9.17) is 11.5 Å². The van der Waals surface area contributed by atoms with Crippen molar-refractivity contribution >= 4 is 58.6 Å². The molecule has 3 heterocycles. The molecule has 0 aliphatic carbocycles. The minimum absolute atomic E-state index is 0.174. The Morgan fingerprint density at radius 1 is 0.891 bits per heavy atom. The third-order valence-corrected chi connectivity index (χ3v) is 10.1. The van der Waals surface area contributed by atoms with Gasteiger partial charge in [-0.2, -0.15) is 0 Å². The van der Waals surface area contributed by atoms with Crippen LogP contribution in [0.2, 0.25) is 0 Å². The number of nitrogens with one attached hydrogen (secondary N) is 6. The number of fused-ring (bicyclic) bond motifs is 1. The number of rotatable bonds is 6. The fourth-order valence-electron chi connectivity index (χ4n) is 6.14. The Kier molecular flexibility index (Phi) is 14.0. The molecule has 19 nitrogen and oxygen atoms in total. The maximum Gasteiger partial charge on any atom is 0.247 e. The van der Waals surface area contributed by atoms with E-state index in [1.165, 1.54) is 11.3 Å². The molecule has 2 aliphatic rings. The lowest BCUT2D eigenvalue weighted by atomic mass is 9.85. The summed E-state index contributed by atoms with van der Waals surface area (Å²) in [7, 11) is 0. The quantitative estimate of drug-likeness (QED) is 0.144. The normalized spacial score (nSPS) is 25.3. The summed E-state index contributed by atoms with van der Waals surface area (Å²) in [5.41, 5.74) is 13.7. The molecule has 2 aromatic rings. The molecule has 6 atom stereocenters. The molecule has 0 bridgehead atoms. The Balaban J connectivity index is 1.71. The molecule has 1 aromatic heterocycles. The number of hydrogen-bond donors (Lipinski definition) is 9. The minimum atomic E-state index is -1.39. The number of primary amides is 1. The second-order valence-corrected chi connectivity index (χ2v) is 15.3. The van der Waals surface area contributed by atoms with Crippen molar-refractivity contribution in [1.29, 1.82) is 0 Å². The van der Waals surface area contributed by atoms with Crippen LogP contribution in [0.25, 0.3) is 10.4 Å². The van der Waals surface area contributed by atoms with E-state index in [-0.39, 0.29) is 25.8 Å². The molecule has 2 fully saturated rings. The molecule has 1 aromatic carbocycles. The highest BCUT2D eigenvalue weighted by Gasteiger charge is 2.45. The van der Waals surface area contributed by atoms with Crippen molar-refractivity contribution in [3.63, 3.8) is 0 Å². The Bertz CT molecular complexity index is 1790. The molecular weight excluding hydrogens is 737 g/mol. The van der Waals surface area contributed by atoms with E-state index in [0.717, 1.165) is 21.0 Å². The number of aliphatic hydroxyl groups excluding tert-OH is 1. The highest BCUT2D eigenvalue weighted by atomic mass is 32.1. The molecule has 8 amide bonds. The zero-order chi connectivity index (χ0) is 40.6. The first-order chi connectivity index (χ1) is 25.9. The Labute approximate surface area is 321 Å². The van der Waals surface area contributed by atoms with E-state index in [0.29, 0.717) is 5.56 Å². The van der Waals surface area contributed by atoms with Gasteiger partial charge in [0.15, 0.2) is 0 Å². The van der Waals surface area contributed by atoms with Gasteiger partial charge < -0.3 is 53.4 Å². The monoisotopic (exact) mass is 784 g/mol. The molecule has 0 saturated carbocycles. The fraction of sp³-hybridized carbons (Fsp3) is 0.514. The van der Waals surface area contributed by atoms with E-state index in [1.807, 2.05) is 6.92 Å². The standard InChI is InChI=1S/C35H48N10O9S/c1-17-28(55-16-40-17)19-7-5-18(6-8-19)27-33(53)39-13-25(48)41-22(12-36)31(51)42-21(9-10-24(37)47)30(50)38-14-26(49)43-29(35(2,3)4)34(54)45-15-20(46)11-23(45)32(52)44-27/h5-8,16,20-23,27,29,46H,9-15,36H2,1-4H3,(H2,37,47)(H,38,50)(H,39,53)(H,41,48)(H,42,51)(H,43,49)(H,44,52)/t20-,21+,22-,23+,27-,29-/m1/s1. The topological polar surface area (TPSA) is 297 Å². The summed E-state index contributed by atoms with van der Waals surface area (Å²) in [6.07, 6.45) is -1.86. The van der Waals surface area contributed by atoms with E-state index >= 15 is 0 Å². The van der Waals surface area contributed by atoms with Crippen LogP contribution in [0.15, 0.2) is 29.8 Å². The van der Waals surface area contributed by atoms with Crippen LogP contribution < -0.4 is 43.4 Å². The minimum Gasteiger partial charge on any atom is -0.391 e. The Morgan fingerprint density at radius 2 is 1.53 bits per heavy atom. The summed E-state index contributed by atoms with van der Waals surface area (Å²) in [5.74, 6) is -6.47. The summed E-state index contributed by atoms with van der Waals surface area (Å²) in [5, 5.41) is 25.6. The molecule has 0 spiro atoms. The van der Waals surface area contributed by atoms with E-state index in [2.05, 4.69) is 36.9 Å². The van der Waals surface area contributed by atoms with Crippen LogP contribution in [0, 0.1) is 12.3 Å². The number of hydrogen-bond acceptors (Lipinski definition) is 12. The molecule has 55 heavy (non-hydrogen) atoms. The largest absolute Gasteiger partial charge is 0.391 e. The summed E-state index contributed by atoms with van der Waals surface area (Å²) in [4.78, 5) is 112. The van der Waals surface area contributed by atoms with Crippen molar-refractivity contribution in [2.24, 2.45) is 16.9 Å². The molecule has 20 heteroatoms. The van der Waals surface area contributed by atoms with Crippen LogP contribution in [0.4, 0.5) is 0 Å². The number of amides is 8. The van der Waals surface area contributed by atoms with Gasteiger partial charge in [-0.05, 0) is 29.9 Å². The number of thiazole rings is 1. The van der Waals surface area contributed by atoms with Crippen molar-refractivity contribution in [2.45, 2.75) is 83.3 Å². The lowest BCUT2D eigenvalue weighted by Crippen LogP contribution is -2.59. The van der Waals surface area contributed by atoms with Gasteiger partial charge in [-0.3, -0.25) is 38.4 Å². The first-order valence-corrected chi connectivity index (χ1v) is 18.5. The Hall–Kier alpha value is -5.47. The number of aromatic nitrogens is 1. The smallest absolute Gasteiger partial charge is 0.247 e. The highest BCUT2D eigenvalue weighted by molar-refractivity contribution is 7.13. The maximum atomic E-state index is 14.1. The van der Waals surface area contributed by atoms with Gasteiger partial charge in [0, 0.05) is 25.9 Å². The molecule has 2 saturated heterocycles. The van der Waals surface area contributed by atoms with Gasteiger partial charge >= 0.3 is 0 Å². The lowest BCUT2D eigenvalue weighted by molar-refractivity contribution is -0.144. The van der Waals surface area contributed by atoms with Gasteiger partial charge in [0.05, 0.1) is 35.3 Å². The van der Waals surface area contributed by atoms with Crippen molar-refractivity contribution in [2.75, 3.05) is 26.2 Å². The van der Waals surface area contributed by atoms with E-state index in [9.17, 15) is 43.5 Å². The number of nitrogens with two attached hydrogens (primary N) is 2.